The van der Waals surface area contributed by atoms with Crippen molar-refractivity contribution in [1.29, 1.82) is 0 Å². The first-order valence-electron chi connectivity index (χ1n) is 3.62. The van der Waals surface area contributed by atoms with Gasteiger partial charge < -0.3 is 9.47 Å². The Bertz CT molecular complexity index is 261. The maximum absolute atomic E-state index is 5.31. The molecule has 66 valence electrons. The fraction of sp³-hybridized carbons (Fsp3) is 0.333. The van der Waals surface area contributed by atoms with Gasteiger partial charge in [-0.05, 0) is 24.6 Å². The average Bonchev–Trinajstić information content (AvgIpc) is 2.07. The van der Waals surface area contributed by atoms with E-state index in [1.165, 1.54) is 0 Å². The summed E-state index contributed by atoms with van der Waals surface area (Å²) in [5, 5.41) is 0. The monoisotopic (exact) mass is 230 g/mol. The molecule has 0 bridgehead atoms. The van der Waals surface area contributed by atoms with Gasteiger partial charge in [0.15, 0.2) is 6.79 Å². The molecule has 12 heavy (non-hydrogen) atoms. The van der Waals surface area contributed by atoms with E-state index in [2.05, 4.69) is 15.9 Å². The van der Waals surface area contributed by atoms with Crippen molar-refractivity contribution in [1.82, 2.24) is 0 Å². The first-order chi connectivity index (χ1) is 5.74. The van der Waals surface area contributed by atoms with Crippen LogP contribution in [0.1, 0.15) is 5.56 Å². The number of benzene rings is 1. The molecular weight excluding hydrogens is 220 g/mol. The van der Waals surface area contributed by atoms with Crippen molar-refractivity contribution in [3.05, 3.63) is 28.2 Å². The van der Waals surface area contributed by atoms with Crippen molar-refractivity contribution in [3.8, 4) is 5.75 Å². The molecule has 0 saturated carbocycles. The van der Waals surface area contributed by atoms with Gasteiger partial charge in [0.1, 0.15) is 5.75 Å². The molecule has 0 aliphatic rings. The Labute approximate surface area is 80.6 Å². The van der Waals surface area contributed by atoms with Crippen LogP contribution in [0.25, 0.3) is 0 Å². The second-order valence-corrected chi connectivity index (χ2v) is 3.38. The fourth-order valence-corrected chi connectivity index (χ4v) is 1.19. The predicted molar refractivity (Wildman–Crippen MR) is 51.4 cm³/mol. The molecule has 0 aromatic heterocycles. The maximum atomic E-state index is 5.31. The summed E-state index contributed by atoms with van der Waals surface area (Å²) in [6, 6.07) is 5.90. The van der Waals surface area contributed by atoms with Crippen LogP contribution in [-0.2, 0) is 4.74 Å². The molecule has 0 amide bonds. The molecule has 1 aromatic rings. The zero-order chi connectivity index (χ0) is 8.97. The van der Waals surface area contributed by atoms with Gasteiger partial charge in [-0.15, -0.1) is 0 Å². The van der Waals surface area contributed by atoms with E-state index in [0.717, 1.165) is 15.8 Å². The lowest BCUT2D eigenvalue weighted by atomic mass is 10.2. The summed E-state index contributed by atoms with van der Waals surface area (Å²) in [4.78, 5) is 0. The molecule has 3 heteroatoms. The zero-order valence-corrected chi connectivity index (χ0v) is 8.72. The first-order valence-corrected chi connectivity index (χ1v) is 4.41. The quantitative estimate of drug-likeness (QED) is 0.744. The molecule has 0 aliphatic carbocycles. The van der Waals surface area contributed by atoms with Crippen LogP contribution in [-0.4, -0.2) is 13.9 Å². The van der Waals surface area contributed by atoms with Crippen LogP contribution in [0, 0.1) is 6.92 Å². The van der Waals surface area contributed by atoms with E-state index in [1.807, 2.05) is 25.1 Å². The Morgan fingerprint density at radius 1 is 1.42 bits per heavy atom. The molecule has 0 atom stereocenters. The normalized spacial score (nSPS) is 9.92. The first kappa shape index (κ1) is 9.55. The third-order valence-electron chi connectivity index (χ3n) is 1.48. The van der Waals surface area contributed by atoms with Crippen LogP contribution in [0.2, 0.25) is 0 Å². The summed E-state index contributed by atoms with van der Waals surface area (Å²) in [5.41, 5.74) is 1.11. The van der Waals surface area contributed by atoms with Gasteiger partial charge in [-0.2, -0.15) is 0 Å². The Hall–Kier alpha value is -0.540. The molecule has 0 heterocycles. The minimum absolute atomic E-state index is 0.289. The van der Waals surface area contributed by atoms with Crippen LogP contribution in [0.4, 0.5) is 0 Å². The van der Waals surface area contributed by atoms with Gasteiger partial charge in [0.2, 0.25) is 0 Å². The molecule has 0 N–H and O–H groups in total. The minimum atomic E-state index is 0.289. The van der Waals surface area contributed by atoms with Crippen LogP contribution in [0.3, 0.4) is 0 Å². The van der Waals surface area contributed by atoms with Gasteiger partial charge in [0.05, 0.1) is 0 Å². The Morgan fingerprint density at radius 3 is 2.83 bits per heavy atom. The highest BCUT2D eigenvalue weighted by molar-refractivity contribution is 9.10. The van der Waals surface area contributed by atoms with Crippen LogP contribution < -0.4 is 4.74 Å². The van der Waals surface area contributed by atoms with E-state index in [9.17, 15) is 0 Å². The highest BCUT2D eigenvalue weighted by Crippen LogP contribution is 2.22. The number of hydrogen-bond donors (Lipinski definition) is 0. The van der Waals surface area contributed by atoms with E-state index in [4.69, 9.17) is 9.47 Å². The lowest BCUT2D eigenvalue weighted by molar-refractivity contribution is 0.0506. The van der Waals surface area contributed by atoms with Crippen molar-refractivity contribution in [2.45, 2.75) is 6.92 Å². The molecule has 1 rings (SSSR count). The third kappa shape index (κ3) is 2.50. The summed E-state index contributed by atoms with van der Waals surface area (Å²) in [6.45, 7) is 2.29. The van der Waals surface area contributed by atoms with Crippen molar-refractivity contribution in [2.24, 2.45) is 0 Å². The van der Waals surface area contributed by atoms with Crippen molar-refractivity contribution < 1.29 is 9.47 Å². The molecule has 2 nitrogen and oxygen atoms in total. The molecular formula is C9H11BrO2. The van der Waals surface area contributed by atoms with Crippen LogP contribution in [0.15, 0.2) is 22.7 Å². The summed E-state index contributed by atoms with van der Waals surface area (Å²) >= 11 is 3.37. The molecule has 0 unspecified atom stereocenters. The van der Waals surface area contributed by atoms with E-state index in [0.29, 0.717) is 0 Å². The topological polar surface area (TPSA) is 18.5 Å². The second kappa shape index (κ2) is 4.48. The number of rotatable bonds is 3. The predicted octanol–water partition coefficient (Wildman–Crippen LogP) is 2.74. The number of hydrogen-bond acceptors (Lipinski definition) is 2. The van der Waals surface area contributed by atoms with Crippen molar-refractivity contribution in [2.75, 3.05) is 13.9 Å². The molecule has 1 aromatic carbocycles. The second-order valence-electron chi connectivity index (χ2n) is 2.46. The minimum Gasteiger partial charge on any atom is -0.467 e. The standard InChI is InChI=1S/C9H11BrO2/c1-7-3-4-8(10)5-9(7)12-6-11-2/h3-5H,6H2,1-2H3. The lowest BCUT2D eigenvalue weighted by Crippen LogP contribution is -1.99. The Morgan fingerprint density at radius 2 is 2.17 bits per heavy atom. The smallest absolute Gasteiger partial charge is 0.188 e. The van der Waals surface area contributed by atoms with Gasteiger partial charge in [-0.1, -0.05) is 22.0 Å². The third-order valence-corrected chi connectivity index (χ3v) is 1.98. The van der Waals surface area contributed by atoms with E-state index in [1.54, 1.807) is 7.11 Å². The van der Waals surface area contributed by atoms with E-state index in [-0.39, 0.29) is 6.79 Å². The van der Waals surface area contributed by atoms with Crippen LogP contribution in [0.5, 0.6) is 5.75 Å². The summed E-state index contributed by atoms with van der Waals surface area (Å²) < 4.78 is 11.1. The van der Waals surface area contributed by atoms with Gasteiger partial charge in [0, 0.05) is 11.6 Å². The van der Waals surface area contributed by atoms with Crippen molar-refractivity contribution >= 4 is 15.9 Å². The Balaban J connectivity index is 2.75. The molecule has 0 fully saturated rings. The Kier molecular flexibility index (Phi) is 3.56. The van der Waals surface area contributed by atoms with E-state index >= 15 is 0 Å². The van der Waals surface area contributed by atoms with Gasteiger partial charge in [-0.25, -0.2) is 0 Å². The SMILES string of the molecule is COCOc1cc(Br)ccc1C. The molecule has 0 spiro atoms. The maximum Gasteiger partial charge on any atom is 0.188 e. The number of methoxy groups -OCH3 is 1. The number of ether oxygens (including phenoxy) is 2. The summed E-state index contributed by atoms with van der Waals surface area (Å²) in [6.07, 6.45) is 0. The lowest BCUT2D eigenvalue weighted by Gasteiger charge is -2.07. The highest BCUT2D eigenvalue weighted by Gasteiger charge is 1.98. The fourth-order valence-electron chi connectivity index (χ4n) is 0.852. The highest BCUT2D eigenvalue weighted by atomic mass is 79.9. The van der Waals surface area contributed by atoms with E-state index < -0.39 is 0 Å². The largest absolute Gasteiger partial charge is 0.467 e. The summed E-state index contributed by atoms with van der Waals surface area (Å²) in [5.74, 6) is 0.853. The average molecular weight is 231 g/mol. The number of aryl methyl sites for hydroxylation is 1. The molecule has 0 saturated heterocycles. The van der Waals surface area contributed by atoms with Crippen molar-refractivity contribution in [3.63, 3.8) is 0 Å². The molecule has 0 radical (unpaired) electrons. The van der Waals surface area contributed by atoms with Gasteiger partial charge >= 0.3 is 0 Å². The number of halogens is 1. The van der Waals surface area contributed by atoms with Gasteiger partial charge in [-0.3, -0.25) is 0 Å². The summed E-state index contributed by atoms with van der Waals surface area (Å²) in [7, 11) is 1.60. The van der Waals surface area contributed by atoms with Crippen LogP contribution >= 0.6 is 15.9 Å². The zero-order valence-electron chi connectivity index (χ0n) is 7.13. The van der Waals surface area contributed by atoms with Gasteiger partial charge in [0.25, 0.3) is 0 Å². The molecule has 0 aliphatic heterocycles.